The van der Waals surface area contributed by atoms with Gasteiger partial charge in [0, 0.05) is 18.8 Å². The Morgan fingerprint density at radius 3 is 2.76 bits per heavy atom. The van der Waals surface area contributed by atoms with E-state index >= 15 is 0 Å². The van der Waals surface area contributed by atoms with E-state index < -0.39 is 0 Å². The molecule has 0 bridgehead atoms. The van der Waals surface area contributed by atoms with Crippen LogP contribution in [0.4, 0.5) is 0 Å². The Labute approximate surface area is 107 Å². The molecule has 0 fully saturated rings. The topological polar surface area (TPSA) is 55.1 Å². The molecule has 1 rings (SSSR count). The SMILES string of the molecule is CC(CNC(=O)CSCCN)c1ccccc1. The predicted molar refractivity (Wildman–Crippen MR) is 74.2 cm³/mol. The number of carbonyl (C=O) groups is 1. The lowest BCUT2D eigenvalue weighted by Crippen LogP contribution is -2.29. The molecule has 17 heavy (non-hydrogen) atoms. The van der Waals surface area contributed by atoms with Gasteiger partial charge in [-0.3, -0.25) is 4.79 Å². The van der Waals surface area contributed by atoms with Crippen LogP contribution in [0.2, 0.25) is 0 Å². The zero-order chi connectivity index (χ0) is 12.5. The molecular formula is C13H20N2OS. The summed E-state index contributed by atoms with van der Waals surface area (Å²) < 4.78 is 0. The molecule has 1 amide bonds. The maximum atomic E-state index is 11.5. The zero-order valence-electron chi connectivity index (χ0n) is 10.2. The number of benzene rings is 1. The van der Waals surface area contributed by atoms with Crippen molar-refractivity contribution in [3.05, 3.63) is 35.9 Å². The summed E-state index contributed by atoms with van der Waals surface area (Å²) in [7, 11) is 0. The summed E-state index contributed by atoms with van der Waals surface area (Å²) in [6, 6.07) is 10.2. The second-order valence-corrected chi connectivity index (χ2v) is 5.06. The van der Waals surface area contributed by atoms with E-state index in [1.165, 1.54) is 5.56 Å². The van der Waals surface area contributed by atoms with Crippen LogP contribution >= 0.6 is 11.8 Å². The highest BCUT2D eigenvalue weighted by molar-refractivity contribution is 7.99. The Bertz CT molecular complexity index is 329. The molecule has 3 nitrogen and oxygen atoms in total. The van der Waals surface area contributed by atoms with Gasteiger partial charge in [-0.15, -0.1) is 0 Å². The number of rotatable bonds is 7. The van der Waals surface area contributed by atoms with Crippen molar-refractivity contribution in [3.63, 3.8) is 0 Å². The van der Waals surface area contributed by atoms with Gasteiger partial charge in [0.25, 0.3) is 0 Å². The second-order valence-electron chi connectivity index (χ2n) is 3.96. The summed E-state index contributed by atoms with van der Waals surface area (Å²) in [5.41, 5.74) is 6.61. The molecule has 0 aliphatic carbocycles. The summed E-state index contributed by atoms with van der Waals surface area (Å²) in [6.07, 6.45) is 0. The smallest absolute Gasteiger partial charge is 0.230 e. The lowest BCUT2D eigenvalue weighted by atomic mass is 10.0. The quantitative estimate of drug-likeness (QED) is 0.725. The Morgan fingerprint density at radius 1 is 1.41 bits per heavy atom. The second kappa shape index (κ2) is 8.14. The first-order chi connectivity index (χ1) is 8.24. The van der Waals surface area contributed by atoms with Gasteiger partial charge < -0.3 is 11.1 Å². The van der Waals surface area contributed by atoms with Crippen LogP contribution < -0.4 is 11.1 Å². The van der Waals surface area contributed by atoms with Crippen molar-refractivity contribution in [3.8, 4) is 0 Å². The van der Waals surface area contributed by atoms with Gasteiger partial charge in [0.15, 0.2) is 0 Å². The lowest BCUT2D eigenvalue weighted by Gasteiger charge is -2.12. The van der Waals surface area contributed by atoms with Crippen LogP contribution in [0.15, 0.2) is 30.3 Å². The number of carbonyl (C=O) groups excluding carboxylic acids is 1. The maximum absolute atomic E-state index is 11.5. The normalized spacial score (nSPS) is 12.1. The van der Waals surface area contributed by atoms with Crippen LogP contribution in [0.3, 0.4) is 0 Å². The molecule has 0 saturated carbocycles. The number of nitrogens with two attached hydrogens (primary N) is 1. The minimum Gasteiger partial charge on any atom is -0.355 e. The van der Waals surface area contributed by atoms with Gasteiger partial charge in [-0.1, -0.05) is 37.3 Å². The van der Waals surface area contributed by atoms with Gasteiger partial charge in [-0.05, 0) is 11.5 Å². The summed E-state index contributed by atoms with van der Waals surface area (Å²) >= 11 is 1.57. The molecule has 1 atom stereocenters. The van der Waals surface area contributed by atoms with Crippen molar-refractivity contribution in [2.45, 2.75) is 12.8 Å². The fourth-order valence-electron chi connectivity index (χ4n) is 1.47. The van der Waals surface area contributed by atoms with Crippen LogP contribution in [-0.4, -0.2) is 30.5 Å². The molecule has 1 unspecified atom stereocenters. The fourth-order valence-corrected chi connectivity index (χ4v) is 2.06. The van der Waals surface area contributed by atoms with Gasteiger partial charge in [-0.2, -0.15) is 11.8 Å². The lowest BCUT2D eigenvalue weighted by molar-refractivity contribution is -0.118. The molecule has 0 radical (unpaired) electrons. The summed E-state index contributed by atoms with van der Waals surface area (Å²) in [4.78, 5) is 11.5. The van der Waals surface area contributed by atoms with E-state index in [-0.39, 0.29) is 5.91 Å². The third kappa shape index (κ3) is 5.75. The largest absolute Gasteiger partial charge is 0.355 e. The van der Waals surface area contributed by atoms with E-state index in [1.54, 1.807) is 11.8 Å². The third-order valence-corrected chi connectivity index (χ3v) is 3.46. The number of hydrogen-bond donors (Lipinski definition) is 2. The molecule has 0 heterocycles. The highest BCUT2D eigenvalue weighted by Gasteiger charge is 2.07. The van der Waals surface area contributed by atoms with Gasteiger partial charge in [0.2, 0.25) is 5.91 Å². The molecule has 0 spiro atoms. The highest BCUT2D eigenvalue weighted by atomic mass is 32.2. The average molecular weight is 252 g/mol. The van der Waals surface area contributed by atoms with Gasteiger partial charge >= 0.3 is 0 Å². The van der Waals surface area contributed by atoms with E-state index in [2.05, 4.69) is 24.4 Å². The van der Waals surface area contributed by atoms with E-state index in [9.17, 15) is 4.79 Å². The molecule has 1 aromatic carbocycles. The molecule has 94 valence electrons. The summed E-state index contributed by atoms with van der Waals surface area (Å²) in [5, 5.41) is 2.94. The van der Waals surface area contributed by atoms with E-state index in [1.807, 2.05) is 18.2 Å². The standard InChI is InChI=1S/C13H20N2OS/c1-11(12-5-3-2-4-6-12)9-15-13(16)10-17-8-7-14/h2-6,11H,7-10,14H2,1H3,(H,15,16). The Kier molecular flexibility index (Phi) is 6.74. The Balaban J connectivity index is 2.24. The van der Waals surface area contributed by atoms with E-state index in [4.69, 9.17) is 5.73 Å². The molecule has 0 saturated heterocycles. The minimum atomic E-state index is 0.0891. The minimum absolute atomic E-state index is 0.0891. The van der Waals surface area contributed by atoms with Crippen molar-refractivity contribution in [2.24, 2.45) is 5.73 Å². The van der Waals surface area contributed by atoms with Crippen molar-refractivity contribution in [1.82, 2.24) is 5.32 Å². The first-order valence-corrected chi connectivity index (χ1v) is 6.99. The molecule has 0 aliphatic heterocycles. The zero-order valence-corrected chi connectivity index (χ0v) is 11.0. The van der Waals surface area contributed by atoms with Crippen LogP contribution in [0.25, 0.3) is 0 Å². The monoisotopic (exact) mass is 252 g/mol. The van der Waals surface area contributed by atoms with Crippen molar-refractivity contribution >= 4 is 17.7 Å². The van der Waals surface area contributed by atoms with Crippen molar-refractivity contribution in [2.75, 3.05) is 24.6 Å². The van der Waals surface area contributed by atoms with Crippen molar-refractivity contribution in [1.29, 1.82) is 0 Å². The molecule has 4 heteroatoms. The summed E-state index contributed by atoms with van der Waals surface area (Å²) in [5.74, 6) is 1.77. The first-order valence-electron chi connectivity index (χ1n) is 5.83. The highest BCUT2D eigenvalue weighted by Crippen LogP contribution is 2.12. The van der Waals surface area contributed by atoms with Gasteiger partial charge in [0.1, 0.15) is 0 Å². The number of hydrogen-bond acceptors (Lipinski definition) is 3. The van der Waals surface area contributed by atoms with Crippen molar-refractivity contribution < 1.29 is 4.79 Å². The Hall–Kier alpha value is -1.00. The van der Waals surface area contributed by atoms with Crippen LogP contribution in [0.1, 0.15) is 18.4 Å². The van der Waals surface area contributed by atoms with E-state index in [0.29, 0.717) is 24.8 Å². The third-order valence-electron chi connectivity index (χ3n) is 2.47. The fraction of sp³-hybridized carbons (Fsp3) is 0.462. The first kappa shape index (κ1) is 14.1. The van der Waals surface area contributed by atoms with Crippen LogP contribution in [0.5, 0.6) is 0 Å². The van der Waals surface area contributed by atoms with Crippen LogP contribution in [-0.2, 0) is 4.79 Å². The van der Waals surface area contributed by atoms with Gasteiger partial charge in [0.05, 0.1) is 5.75 Å². The predicted octanol–water partition coefficient (Wildman–Crippen LogP) is 1.60. The molecule has 0 aliphatic rings. The molecule has 1 aromatic rings. The number of nitrogens with one attached hydrogen (secondary N) is 1. The molecule has 3 N–H and O–H groups in total. The number of thioether (sulfide) groups is 1. The Morgan fingerprint density at radius 2 is 2.12 bits per heavy atom. The summed E-state index contributed by atoms with van der Waals surface area (Å²) in [6.45, 7) is 3.42. The van der Waals surface area contributed by atoms with Crippen LogP contribution in [0, 0.1) is 0 Å². The number of amides is 1. The van der Waals surface area contributed by atoms with Gasteiger partial charge in [-0.25, -0.2) is 0 Å². The van der Waals surface area contributed by atoms with E-state index in [0.717, 1.165) is 5.75 Å². The average Bonchev–Trinajstić information content (AvgIpc) is 2.37. The maximum Gasteiger partial charge on any atom is 0.230 e. The molecule has 0 aromatic heterocycles. The molecular weight excluding hydrogens is 232 g/mol.